The lowest BCUT2D eigenvalue weighted by molar-refractivity contribution is 0.263. The van der Waals surface area contributed by atoms with Gasteiger partial charge in [-0.25, -0.2) is 13.1 Å². The van der Waals surface area contributed by atoms with Gasteiger partial charge in [-0.2, -0.15) is 0 Å². The molecular weight excluding hydrogens is 200 g/mol. The van der Waals surface area contributed by atoms with E-state index >= 15 is 0 Å². The zero-order valence-electron chi connectivity index (χ0n) is 9.50. The van der Waals surface area contributed by atoms with Crippen LogP contribution >= 0.6 is 0 Å². The third-order valence-electron chi connectivity index (χ3n) is 2.47. The molecule has 0 heterocycles. The fraction of sp³-hybridized carbons (Fsp3) is 1.00. The van der Waals surface area contributed by atoms with Crippen molar-refractivity contribution < 1.29 is 8.42 Å². The molecule has 0 aromatic carbocycles. The molecule has 0 radical (unpaired) electrons. The second-order valence-corrected chi connectivity index (χ2v) is 6.65. The van der Waals surface area contributed by atoms with E-state index in [0.717, 1.165) is 0 Å². The summed E-state index contributed by atoms with van der Waals surface area (Å²) in [5.74, 6) is 0.305. The Morgan fingerprint density at radius 2 is 1.86 bits per heavy atom. The number of hydrogen-bond donors (Lipinski definition) is 2. The minimum absolute atomic E-state index is 0.00383. The van der Waals surface area contributed by atoms with Crippen LogP contribution in [0.1, 0.15) is 27.7 Å². The molecule has 0 fully saturated rings. The zero-order chi connectivity index (χ0) is 11.4. The maximum absolute atomic E-state index is 11.3. The summed E-state index contributed by atoms with van der Waals surface area (Å²) in [7, 11) is -3.16. The summed E-state index contributed by atoms with van der Waals surface area (Å²) in [6, 6.07) is 0. The Labute approximate surface area is 87.3 Å². The van der Waals surface area contributed by atoms with E-state index in [4.69, 9.17) is 5.73 Å². The molecule has 0 saturated heterocycles. The molecule has 0 aliphatic carbocycles. The molecule has 4 nitrogen and oxygen atoms in total. The quantitative estimate of drug-likeness (QED) is 0.713. The van der Waals surface area contributed by atoms with Crippen LogP contribution in [0, 0.1) is 11.3 Å². The molecule has 0 amide bonds. The molecule has 5 heteroatoms. The molecule has 0 rings (SSSR count). The third kappa shape index (κ3) is 5.57. The molecule has 1 unspecified atom stereocenters. The van der Waals surface area contributed by atoms with Crippen molar-refractivity contribution in [2.45, 2.75) is 27.7 Å². The van der Waals surface area contributed by atoms with Crippen molar-refractivity contribution in [3.05, 3.63) is 0 Å². The van der Waals surface area contributed by atoms with Crippen molar-refractivity contribution in [1.82, 2.24) is 4.72 Å². The molecule has 0 aromatic rings. The van der Waals surface area contributed by atoms with Gasteiger partial charge in [0.1, 0.15) is 0 Å². The first-order valence-electron chi connectivity index (χ1n) is 4.86. The maximum atomic E-state index is 11.3. The highest BCUT2D eigenvalue weighted by atomic mass is 32.2. The summed E-state index contributed by atoms with van der Waals surface area (Å²) in [6.45, 7) is 8.95. The summed E-state index contributed by atoms with van der Waals surface area (Å²) in [6.07, 6.45) is 0. The minimum Gasteiger partial charge on any atom is -0.329 e. The highest BCUT2D eigenvalue weighted by Crippen LogP contribution is 2.24. The molecule has 0 saturated carbocycles. The van der Waals surface area contributed by atoms with E-state index in [1.54, 1.807) is 0 Å². The molecular formula is C9H22N2O2S. The topological polar surface area (TPSA) is 72.2 Å². The number of sulfonamides is 1. The Balaban J connectivity index is 4.07. The molecule has 3 N–H and O–H groups in total. The van der Waals surface area contributed by atoms with Crippen molar-refractivity contribution in [3.8, 4) is 0 Å². The summed E-state index contributed by atoms with van der Waals surface area (Å²) in [4.78, 5) is 0. The molecule has 0 spiro atoms. The van der Waals surface area contributed by atoms with E-state index in [0.29, 0.717) is 12.5 Å². The van der Waals surface area contributed by atoms with Crippen molar-refractivity contribution in [2.75, 3.05) is 18.8 Å². The van der Waals surface area contributed by atoms with Gasteiger partial charge in [-0.05, 0) is 11.3 Å². The van der Waals surface area contributed by atoms with Crippen LogP contribution in [-0.4, -0.2) is 27.3 Å². The van der Waals surface area contributed by atoms with E-state index < -0.39 is 10.0 Å². The van der Waals surface area contributed by atoms with Gasteiger partial charge in [0, 0.05) is 13.1 Å². The lowest BCUT2D eigenvalue weighted by Crippen LogP contribution is -2.36. The van der Waals surface area contributed by atoms with Gasteiger partial charge >= 0.3 is 0 Å². The van der Waals surface area contributed by atoms with Gasteiger partial charge in [0.25, 0.3) is 0 Å². The predicted octanol–water partition coefficient (Wildman–Crippen LogP) is 0.547. The zero-order valence-corrected chi connectivity index (χ0v) is 10.3. The molecule has 86 valence electrons. The average Bonchev–Trinajstić information content (AvgIpc) is 1.98. The predicted molar refractivity (Wildman–Crippen MR) is 59.5 cm³/mol. The molecule has 0 aromatic heterocycles. The van der Waals surface area contributed by atoms with Crippen LogP contribution in [0.5, 0.6) is 0 Å². The van der Waals surface area contributed by atoms with Gasteiger partial charge < -0.3 is 5.73 Å². The third-order valence-corrected chi connectivity index (χ3v) is 3.85. The van der Waals surface area contributed by atoms with E-state index in [1.807, 2.05) is 6.92 Å². The van der Waals surface area contributed by atoms with Crippen molar-refractivity contribution in [3.63, 3.8) is 0 Å². The molecule has 0 bridgehead atoms. The van der Waals surface area contributed by atoms with Crippen molar-refractivity contribution in [1.29, 1.82) is 0 Å². The normalized spacial score (nSPS) is 15.5. The Kier molecular flexibility index (Phi) is 5.05. The first-order chi connectivity index (χ1) is 6.19. The van der Waals surface area contributed by atoms with Crippen LogP contribution in [0.4, 0.5) is 0 Å². The monoisotopic (exact) mass is 222 g/mol. The van der Waals surface area contributed by atoms with Gasteiger partial charge in [0.2, 0.25) is 10.0 Å². The number of nitrogens with one attached hydrogen (secondary N) is 1. The average molecular weight is 222 g/mol. The van der Waals surface area contributed by atoms with Crippen LogP contribution in [0.15, 0.2) is 0 Å². The standard InChI is InChI=1S/C9H22N2O2S/c1-8(9(2,3)4)7-11-14(12,13)6-5-10/h8,11H,5-7,10H2,1-4H3. The van der Waals surface area contributed by atoms with E-state index in [-0.39, 0.29) is 17.7 Å². The van der Waals surface area contributed by atoms with Gasteiger partial charge in [-0.3, -0.25) is 0 Å². The number of rotatable bonds is 5. The summed E-state index contributed by atoms with van der Waals surface area (Å²) >= 11 is 0. The molecule has 0 aliphatic heterocycles. The molecule has 0 aliphatic rings. The Morgan fingerprint density at radius 1 is 1.36 bits per heavy atom. The highest BCUT2D eigenvalue weighted by Gasteiger charge is 2.21. The van der Waals surface area contributed by atoms with Crippen LogP contribution in [0.2, 0.25) is 0 Å². The van der Waals surface area contributed by atoms with Gasteiger partial charge in [-0.1, -0.05) is 27.7 Å². The highest BCUT2D eigenvalue weighted by molar-refractivity contribution is 7.89. The Hall–Kier alpha value is -0.130. The van der Waals surface area contributed by atoms with Crippen LogP contribution < -0.4 is 10.5 Å². The van der Waals surface area contributed by atoms with Gasteiger partial charge in [0.15, 0.2) is 0 Å². The van der Waals surface area contributed by atoms with E-state index in [1.165, 1.54) is 0 Å². The van der Waals surface area contributed by atoms with Gasteiger partial charge in [0.05, 0.1) is 5.75 Å². The summed E-state index contributed by atoms with van der Waals surface area (Å²) in [5.41, 5.74) is 5.30. The Morgan fingerprint density at radius 3 is 2.21 bits per heavy atom. The summed E-state index contributed by atoms with van der Waals surface area (Å²) in [5, 5.41) is 0. The number of hydrogen-bond acceptors (Lipinski definition) is 3. The maximum Gasteiger partial charge on any atom is 0.212 e. The number of nitrogens with two attached hydrogens (primary N) is 1. The Bertz CT molecular complexity index is 254. The van der Waals surface area contributed by atoms with Crippen LogP contribution in [0.3, 0.4) is 0 Å². The minimum atomic E-state index is -3.16. The molecule has 1 atom stereocenters. The lowest BCUT2D eigenvalue weighted by Gasteiger charge is -2.27. The van der Waals surface area contributed by atoms with Crippen LogP contribution in [-0.2, 0) is 10.0 Å². The van der Waals surface area contributed by atoms with E-state index in [9.17, 15) is 8.42 Å². The smallest absolute Gasteiger partial charge is 0.212 e. The van der Waals surface area contributed by atoms with Crippen molar-refractivity contribution in [2.24, 2.45) is 17.1 Å². The van der Waals surface area contributed by atoms with Gasteiger partial charge in [-0.15, -0.1) is 0 Å². The second-order valence-electron chi connectivity index (χ2n) is 4.72. The van der Waals surface area contributed by atoms with Crippen molar-refractivity contribution >= 4 is 10.0 Å². The first kappa shape index (κ1) is 13.9. The molecule has 14 heavy (non-hydrogen) atoms. The van der Waals surface area contributed by atoms with E-state index in [2.05, 4.69) is 25.5 Å². The second kappa shape index (κ2) is 5.09. The first-order valence-corrected chi connectivity index (χ1v) is 6.51. The largest absolute Gasteiger partial charge is 0.329 e. The van der Waals surface area contributed by atoms with Crippen LogP contribution in [0.25, 0.3) is 0 Å². The summed E-state index contributed by atoms with van der Waals surface area (Å²) < 4.78 is 25.1. The lowest BCUT2D eigenvalue weighted by atomic mass is 9.82. The SMILES string of the molecule is CC(CNS(=O)(=O)CCN)C(C)(C)C. The fourth-order valence-corrected chi connectivity index (χ4v) is 1.74. The fourth-order valence-electron chi connectivity index (χ4n) is 0.785.